The number of carbonyl (C=O) groups excluding carboxylic acids is 4. The SMILES string of the molecule is CCC1CN(c2ccc(-c3ccnc(Nc4cc(C)c(OC)c(OCCOCCOCCOCCOCCNc5cccc6c5C(=O)N(C5CCC(=O)NC5=O)C6=O)c4)n3)cn2)CCN1. The molecule has 0 aliphatic carbocycles. The first-order valence-electron chi connectivity index (χ1n) is 22.0. The number of fused-ring (bicyclic) bond motifs is 1. The molecule has 2 saturated heterocycles. The second-order valence-corrected chi connectivity index (χ2v) is 15.5. The molecule has 19 heteroatoms. The number of hydrogen-bond donors (Lipinski definition) is 4. The summed E-state index contributed by atoms with van der Waals surface area (Å²) in [6.07, 6.45) is 4.82. The summed E-state index contributed by atoms with van der Waals surface area (Å²) >= 11 is 0. The van der Waals surface area contributed by atoms with Crippen LogP contribution in [0, 0.1) is 6.92 Å². The number of nitrogens with zero attached hydrogens (tertiary/aromatic N) is 5. The lowest BCUT2D eigenvalue weighted by Gasteiger charge is -2.34. The number of piperazine rings is 1. The predicted molar refractivity (Wildman–Crippen MR) is 241 cm³/mol. The van der Waals surface area contributed by atoms with Crippen molar-refractivity contribution in [2.75, 3.05) is 108 Å². The number of anilines is 4. The van der Waals surface area contributed by atoms with E-state index in [9.17, 15) is 19.2 Å². The van der Waals surface area contributed by atoms with Crippen LogP contribution < -0.4 is 35.6 Å². The van der Waals surface area contributed by atoms with Gasteiger partial charge in [0.05, 0.1) is 76.8 Å². The number of hydrogen-bond acceptors (Lipinski definition) is 17. The lowest BCUT2D eigenvalue weighted by atomic mass is 10.0. The number of pyridine rings is 1. The Morgan fingerprint density at radius 3 is 2.32 bits per heavy atom. The van der Waals surface area contributed by atoms with Crippen molar-refractivity contribution in [3.8, 4) is 22.8 Å². The number of imide groups is 2. The zero-order valence-corrected chi connectivity index (χ0v) is 37.1. The van der Waals surface area contributed by atoms with Crippen LogP contribution in [0.15, 0.2) is 60.9 Å². The fourth-order valence-electron chi connectivity index (χ4n) is 7.82. The summed E-state index contributed by atoms with van der Waals surface area (Å²) in [4.78, 5) is 67.4. The molecule has 2 aromatic carbocycles. The number of carbonyl (C=O) groups is 4. The molecule has 2 unspecified atom stereocenters. The third kappa shape index (κ3) is 12.1. The first-order valence-corrected chi connectivity index (χ1v) is 22.0. The molecule has 4 amide bonds. The van der Waals surface area contributed by atoms with Gasteiger partial charge < -0.3 is 49.3 Å². The molecular weight excluding hydrogens is 839 g/mol. The van der Waals surface area contributed by atoms with Gasteiger partial charge in [0.1, 0.15) is 18.5 Å². The van der Waals surface area contributed by atoms with Crippen LogP contribution in [0.3, 0.4) is 0 Å². The zero-order valence-electron chi connectivity index (χ0n) is 37.1. The van der Waals surface area contributed by atoms with E-state index in [2.05, 4.69) is 44.1 Å². The summed E-state index contributed by atoms with van der Waals surface area (Å²) in [6.45, 7) is 10.6. The maximum absolute atomic E-state index is 13.2. The number of nitrogens with one attached hydrogen (secondary N) is 4. The highest BCUT2D eigenvalue weighted by Gasteiger charge is 2.45. The number of aryl methyl sites for hydroxylation is 1. The summed E-state index contributed by atoms with van der Waals surface area (Å²) in [5.74, 6) is 0.417. The van der Waals surface area contributed by atoms with Gasteiger partial charge in [0.2, 0.25) is 17.8 Å². The van der Waals surface area contributed by atoms with Crippen LogP contribution >= 0.6 is 0 Å². The number of aromatic nitrogens is 3. The van der Waals surface area contributed by atoms with Crippen LogP contribution in [0.5, 0.6) is 11.5 Å². The number of amides is 4. The van der Waals surface area contributed by atoms with Crippen molar-refractivity contribution in [3.63, 3.8) is 0 Å². The van der Waals surface area contributed by atoms with Gasteiger partial charge in [0.15, 0.2) is 11.5 Å². The zero-order chi connectivity index (χ0) is 45.5. The molecule has 3 aliphatic rings. The molecule has 2 fully saturated rings. The van der Waals surface area contributed by atoms with Crippen molar-refractivity contribution in [2.45, 2.75) is 45.2 Å². The Bertz CT molecular complexity index is 2280. The number of rotatable bonds is 24. The van der Waals surface area contributed by atoms with E-state index >= 15 is 0 Å². The molecule has 4 aromatic rings. The van der Waals surface area contributed by atoms with Gasteiger partial charge in [0, 0.05) is 74.0 Å². The summed E-state index contributed by atoms with van der Waals surface area (Å²) in [5, 5.41) is 12.2. The van der Waals surface area contributed by atoms with Gasteiger partial charge in [-0.3, -0.25) is 29.4 Å². The first-order chi connectivity index (χ1) is 31.7. The maximum Gasteiger partial charge on any atom is 0.264 e. The highest BCUT2D eigenvalue weighted by Crippen LogP contribution is 2.36. The lowest BCUT2D eigenvalue weighted by Crippen LogP contribution is -2.54. The Balaban J connectivity index is 0.741. The van der Waals surface area contributed by atoms with Crippen molar-refractivity contribution in [1.82, 2.24) is 30.5 Å². The van der Waals surface area contributed by atoms with Gasteiger partial charge in [-0.15, -0.1) is 0 Å². The molecule has 65 heavy (non-hydrogen) atoms. The van der Waals surface area contributed by atoms with Crippen LogP contribution in [0.25, 0.3) is 11.3 Å². The largest absolute Gasteiger partial charge is 0.493 e. The van der Waals surface area contributed by atoms with Gasteiger partial charge in [-0.05, 0) is 61.7 Å². The van der Waals surface area contributed by atoms with Crippen molar-refractivity contribution in [3.05, 3.63) is 77.6 Å². The summed E-state index contributed by atoms with van der Waals surface area (Å²) in [7, 11) is 1.61. The number of ether oxygens (including phenoxy) is 6. The standard InChI is InChI=1S/C46H57N9O10/c1-4-32-29-54(16-14-47-32)39-10-8-31(28-50-39)35-12-13-49-46(52-35)51-33-26-30(2)42(60-3)38(27-33)65-25-24-64-23-22-63-21-20-62-19-18-61-17-15-48-36-7-5-6-34-41(36)45(59)55(44(34)58)37-9-11-40(56)53-43(37)57/h5-8,10,12-13,26-28,32,37,47-48H,4,9,11,14-25,29H2,1-3H3,(H,49,51,52)(H,53,56,57). The quantitative estimate of drug-likeness (QED) is 0.0582. The molecule has 2 aromatic heterocycles. The Hall–Kier alpha value is -6.25. The normalized spacial score (nSPS) is 17.3. The fourth-order valence-corrected chi connectivity index (χ4v) is 7.82. The van der Waals surface area contributed by atoms with Crippen molar-refractivity contribution >= 4 is 46.8 Å². The van der Waals surface area contributed by atoms with E-state index in [1.54, 1.807) is 31.5 Å². The van der Waals surface area contributed by atoms with E-state index in [-0.39, 0.29) is 24.0 Å². The van der Waals surface area contributed by atoms with E-state index in [4.69, 9.17) is 38.4 Å². The molecule has 0 spiro atoms. The van der Waals surface area contributed by atoms with E-state index in [1.165, 1.54) is 0 Å². The van der Waals surface area contributed by atoms with Crippen LogP contribution in [0.1, 0.15) is 52.5 Å². The number of piperidine rings is 1. The third-order valence-electron chi connectivity index (χ3n) is 11.1. The first kappa shape index (κ1) is 46.7. The van der Waals surface area contributed by atoms with E-state index in [1.807, 2.05) is 37.4 Å². The highest BCUT2D eigenvalue weighted by atomic mass is 16.6. The van der Waals surface area contributed by atoms with Crippen LogP contribution in [-0.4, -0.2) is 148 Å². The van der Waals surface area contributed by atoms with Gasteiger partial charge in [-0.25, -0.2) is 15.0 Å². The Kier molecular flexibility index (Phi) is 16.6. The Morgan fingerprint density at radius 2 is 1.62 bits per heavy atom. The minimum absolute atomic E-state index is 0.0598. The second-order valence-electron chi connectivity index (χ2n) is 15.5. The van der Waals surface area contributed by atoms with E-state index in [0.29, 0.717) is 95.2 Å². The van der Waals surface area contributed by atoms with Crippen LogP contribution in [0.2, 0.25) is 0 Å². The maximum atomic E-state index is 13.2. The van der Waals surface area contributed by atoms with Gasteiger partial charge in [0.25, 0.3) is 11.8 Å². The van der Waals surface area contributed by atoms with Crippen molar-refractivity contribution < 1.29 is 47.6 Å². The molecular formula is C46H57N9O10. The van der Waals surface area contributed by atoms with Gasteiger partial charge in [-0.2, -0.15) is 0 Å². The number of benzene rings is 2. The van der Waals surface area contributed by atoms with Crippen molar-refractivity contribution in [2.24, 2.45) is 0 Å². The molecule has 0 saturated carbocycles. The fraction of sp³-hybridized carbons (Fsp3) is 0.457. The summed E-state index contributed by atoms with van der Waals surface area (Å²) in [5.41, 5.74) is 4.18. The minimum atomic E-state index is -1.02. The molecule has 0 radical (unpaired) electrons. The molecule has 19 nitrogen and oxygen atoms in total. The summed E-state index contributed by atoms with van der Waals surface area (Å²) < 4.78 is 34.3. The van der Waals surface area contributed by atoms with Crippen LogP contribution in [0.4, 0.5) is 23.1 Å². The Labute approximate surface area is 377 Å². The van der Waals surface area contributed by atoms with Gasteiger partial charge >= 0.3 is 0 Å². The molecule has 3 aliphatic heterocycles. The van der Waals surface area contributed by atoms with E-state index < -0.39 is 29.7 Å². The summed E-state index contributed by atoms with van der Waals surface area (Å²) in [6, 6.07) is 14.1. The average Bonchev–Trinajstić information content (AvgIpc) is 3.57. The molecule has 7 rings (SSSR count). The van der Waals surface area contributed by atoms with Gasteiger partial charge in [-0.1, -0.05) is 13.0 Å². The molecule has 2 atom stereocenters. The molecule has 346 valence electrons. The monoisotopic (exact) mass is 895 g/mol. The predicted octanol–water partition coefficient (Wildman–Crippen LogP) is 3.75. The Morgan fingerprint density at radius 1 is 0.862 bits per heavy atom. The third-order valence-corrected chi connectivity index (χ3v) is 11.1. The minimum Gasteiger partial charge on any atom is -0.493 e. The molecule has 0 bridgehead atoms. The smallest absolute Gasteiger partial charge is 0.264 e. The second kappa shape index (κ2) is 23.1. The van der Waals surface area contributed by atoms with E-state index in [0.717, 1.165) is 59.3 Å². The average molecular weight is 896 g/mol. The lowest BCUT2D eigenvalue weighted by molar-refractivity contribution is -0.136. The highest BCUT2D eigenvalue weighted by molar-refractivity contribution is 6.25. The molecule has 4 N–H and O–H groups in total. The van der Waals surface area contributed by atoms with Crippen molar-refractivity contribution in [1.29, 1.82) is 0 Å². The topological polar surface area (TPSA) is 217 Å². The molecule has 5 heterocycles. The van der Waals surface area contributed by atoms with Crippen LogP contribution in [-0.2, 0) is 28.5 Å². The number of methoxy groups -OCH3 is 1.